The second-order valence-corrected chi connectivity index (χ2v) is 8.08. The predicted molar refractivity (Wildman–Crippen MR) is 103 cm³/mol. The fourth-order valence-corrected chi connectivity index (χ4v) is 4.93. The topological polar surface area (TPSA) is 114 Å². The lowest BCUT2D eigenvalue weighted by atomic mass is 9.72. The number of carbonyl (C=O) groups is 4. The van der Waals surface area contributed by atoms with Crippen molar-refractivity contribution >= 4 is 45.2 Å². The Balaban J connectivity index is 1.64. The number of aromatic nitrogens is 1. The Morgan fingerprint density at radius 2 is 1.72 bits per heavy atom. The first-order valence-corrected chi connectivity index (χ1v) is 9.67. The van der Waals surface area contributed by atoms with E-state index in [4.69, 9.17) is 5.84 Å². The molecule has 3 aromatic rings. The summed E-state index contributed by atoms with van der Waals surface area (Å²) < 4.78 is 0.926. The number of amides is 4. The van der Waals surface area contributed by atoms with Crippen LogP contribution in [0.25, 0.3) is 10.2 Å². The molecule has 1 saturated heterocycles. The monoisotopic (exact) mass is 406 g/mol. The van der Waals surface area contributed by atoms with E-state index in [1.54, 1.807) is 18.2 Å². The summed E-state index contributed by atoms with van der Waals surface area (Å²) in [5.41, 5.74) is -0.612. The quantitative estimate of drug-likeness (QED) is 0.297. The van der Waals surface area contributed by atoms with Crippen molar-refractivity contribution in [2.24, 2.45) is 5.84 Å². The van der Waals surface area contributed by atoms with Gasteiger partial charge in [0.2, 0.25) is 5.91 Å². The molecule has 5 rings (SSSR count). The standard InChI is InChI=1S/C20H14N4O4S/c21-24-16(25)9-20(19(24)28)12-6-2-1-5-11(12)17(26)23(18(20)27)10-15-22-13-7-3-4-8-14(13)29-15/h1-8H,9-10,21H2. The van der Waals surface area contributed by atoms with E-state index in [1.165, 1.54) is 17.4 Å². The summed E-state index contributed by atoms with van der Waals surface area (Å²) in [6.45, 7) is -0.0842. The van der Waals surface area contributed by atoms with Crippen molar-refractivity contribution < 1.29 is 19.2 Å². The van der Waals surface area contributed by atoms with Crippen LogP contribution in [0.4, 0.5) is 0 Å². The maximum atomic E-state index is 13.5. The first-order valence-electron chi connectivity index (χ1n) is 8.86. The van der Waals surface area contributed by atoms with Crippen LogP contribution < -0.4 is 5.84 Å². The van der Waals surface area contributed by atoms with Crippen LogP contribution in [0.2, 0.25) is 0 Å². The second kappa shape index (κ2) is 6.03. The molecule has 0 aliphatic carbocycles. The number of nitrogens with zero attached hydrogens (tertiary/aromatic N) is 3. The third-order valence-electron chi connectivity index (χ3n) is 5.37. The number of hydrogen-bond acceptors (Lipinski definition) is 7. The summed E-state index contributed by atoms with van der Waals surface area (Å²) in [7, 11) is 0. The van der Waals surface area contributed by atoms with Gasteiger partial charge in [0.1, 0.15) is 5.01 Å². The summed E-state index contributed by atoms with van der Waals surface area (Å²) in [6.07, 6.45) is -0.401. The van der Waals surface area contributed by atoms with E-state index in [0.717, 1.165) is 15.1 Å². The molecule has 0 bridgehead atoms. The molecule has 1 fully saturated rings. The number of benzene rings is 2. The number of nitrogens with two attached hydrogens (primary N) is 1. The van der Waals surface area contributed by atoms with Gasteiger partial charge in [-0.2, -0.15) is 0 Å². The zero-order valence-corrected chi connectivity index (χ0v) is 15.8. The third kappa shape index (κ3) is 2.31. The summed E-state index contributed by atoms with van der Waals surface area (Å²) >= 11 is 1.36. The lowest BCUT2D eigenvalue weighted by Crippen LogP contribution is -2.58. The van der Waals surface area contributed by atoms with Crippen LogP contribution in [0.15, 0.2) is 48.5 Å². The Labute approximate surface area is 168 Å². The lowest BCUT2D eigenvalue weighted by Gasteiger charge is -2.37. The van der Waals surface area contributed by atoms with Crippen LogP contribution in [0, 0.1) is 0 Å². The van der Waals surface area contributed by atoms with Gasteiger partial charge < -0.3 is 0 Å². The number of thiazole rings is 1. The molecule has 2 N–H and O–H groups in total. The largest absolute Gasteiger partial charge is 0.273 e. The second-order valence-electron chi connectivity index (χ2n) is 6.97. The fourth-order valence-electron chi connectivity index (χ4n) is 3.98. The average Bonchev–Trinajstić information content (AvgIpc) is 3.24. The van der Waals surface area contributed by atoms with Crippen LogP contribution in [0.5, 0.6) is 0 Å². The van der Waals surface area contributed by atoms with Gasteiger partial charge in [0.05, 0.1) is 23.2 Å². The van der Waals surface area contributed by atoms with Gasteiger partial charge in [0, 0.05) is 5.56 Å². The number of para-hydroxylation sites is 1. The van der Waals surface area contributed by atoms with E-state index >= 15 is 0 Å². The van der Waals surface area contributed by atoms with Gasteiger partial charge >= 0.3 is 0 Å². The Kier molecular flexibility index (Phi) is 3.67. The number of hydrogen-bond donors (Lipinski definition) is 1. The molecule has 0 radical (unpaired) electrons. The van der Waals surface area contributed by atoms with E-state index in [9.17, 15) is 19.2 Å². The molecule has 8 nitrogen and oxygen atoms in total. The molecule has 1 unspecified atom stereocenters. The van der Waals surface area contributed by atoms with Crippen molar-refractivity contribution in [1.29, 1.82) is 0 Å². The summed E-state index contributed by atoms with van der Waals surface area (Å²) in [6, 6.07) is 13.8. The van der Waals surface area contributed by atoms with Crippen LogP contribution in [0.3, 0.4) is 0 Å². The molecule has 1 atom stereocenters. The van der Waals surface area contributed by atoms with E-state index < -0.39 is 35.5 Å². The highest BCUT2D eigenvalue weighted by Gasteiger charge is 2.62. The number of carbonyl (C=O) groups excluding carboxylic acids is 4. The molecule has 4 amide bonds. The minimum Gasteiger partial charge on any atom is -0.273 e. The van der Waals surface area contributed by atoms with Crippen molar-refractivity contribution in [2.45, 2.75) is 18.4 Å². The fraction of sp³-hybridized carbons (Fsp3) is 0.150. The van der Waals surface area contributed by atoms with Crippen LogP contribution >= 0.6 is 11.3 Å². The normalized spacial score (nSPS) is 21.6. The van der Waals surface area contributed by atoms with Gasteiger partial charge in [-0.25, -0.2) is 15.8 Å². The molecule has 9 heteroatoms. The van der Waals surface area contributed by atoms with Gasteiger partial charge in [-0.05, 0) is 23.8 Å². The molecule has 29 heavy (non-hydrogen) atoms. The summed E-state index contributed by atoms with van der Waals surface area (Å²) in [5.74, 6) is 2.86. The van der Waals surface area contributed by atoms with Gasteiger partial charge in [-0.3, -0.25) is 24.1 Å². The molecular weight excluding hydrogens is 392 g/mol. The predicted octanol–water partition coefficient (Wildman–Crippen LogP) is 1.35. The van der Waals surface area contributed by atoms with Crippen molar-refractivity contribution in [1.82, 2.24) is 14.9 Å². The van der Waals surface area contributed by atoms with Crippen molar-refractivity contribution in [3.8, 4) is 0 Å². The molecule has 1 aromatic heterocycles. The molecule has 2 aliphatic rings. The van der Waals surface area contributed by atoms with E-state index in [-0.39, 0.29) is 17.7 Å². The molecule has 1 spiro atoms. The zero-order valence-electron chi connectivity index (χ0n) is 15.0. The molecule has 2 aliphatic heterocycles. The highest BCUT2D eigenvalue weighted by atomic mass is 32.1. The summed E-state index contributed by atoms with van der Waals surface area (Å²) in [5, 5.41) is 1.03. The first-order chi connectivity index (χ1) is 13.9. The Morgan fingerprint density at radius 3 is 2.45 bits per heavy atom. The molecule has 3 heterocycles. The first kappa shape index (κ1) is 17.7. The number of hydrazine groups is 1. The molecule has 2 aromatic carbocycles. The van der Waals surface area contributed by atoms with Crippen LogP contribution in [0.1, 0.15) is 27.3 Å². The van der Waals surface area contributed by atoms with Gasteiger partial charge in [-0.1, -0.05) is 30.3 Å². The van der Waals surface area contributed by atoms with E-state index in [0.29, 0.717) is 10.0 Å². The van der Waals surface area contributed by atoms with Crippen LogP contribution in [-0.4, -0.2) is 38.5 Å². The maximum absolute atomic E-state index is 13.5. The Hall–Kier alpha value is -3.43. The Bertz CT molecular complexity index is 1200. The third-order valence-corrected chi connectivity index (χ3v) is 6.39. The highest BCUT2D eigenvalue weighted by Crippen LogP contribution is 2.43. The summed E-state index contributed by atoms with van der Waals surface area (Å²) in [4.78, 5) is 57.2. The number of rotatable bonds is 2. The van der Waals surface area contributed by atoms with Crippen molar-refractivity contribution in [3.63, 3.8) is 0 Å². The smallest absolute Gasteiger partial charge is 0.264 e. The van der Waals surface area contributed by atoms with Gasteiger partial charge in [0.15, 0.2) is 5.41 Å². The number of fused-ring (bicyclic) bond motifs is 3. The molecule has 144 valence electrons. The maximum Gasteiger partial charge on any atom is 0.264 e. The lowest BCUT2D eigenvalue weighted by molar-refractivity contribution is -0.146. The van der Waals surface area contributed by atoms with Gasteiger partial charge in [-0.15, -0.1) is 11.3 Å². The highest BCUT2D eigenvalue weighted by molar-refractivity contribution is 7.18. The van der Waals surface area contributed by atoms with Gasteiger partial charge in [0.25, 0.3) is 17.7 Å². The average molecular weight is 406 g/mol. The van der Waals surface area contributed by atoms with E-state index in [2.05, 4.69) is 4.98 Å². The minimum atomic E-state index is -1.81. The molecule has 0 saturated carbocycles. The SMILES string of the molecule is NN1C(=O)CC2(C1=O)C(=O)N(Cc1nc3ccccc3s1)C(=O)c1ccccc12. The zero-order chi connectivity index (χ0) is 20.3. The van der Waals surface area contributed by atoms with Crippen molar-refractivity contribution in [2.75, 3.05) is 0 Å². The minimum absolute atomic E-state index is 0.0842. The van der Waals surface area contributed by atoms with E-state index in [1.807, 2.05) is 24.3 Å². The number of imide groups is 2. The van der Waals surface area contributed by atoms with Crippen molar-refractivity contribution in [3.05, 3.63) is 64.7 Å². The molecular formula is C20H14N4O4S. The van der Waals surface area contributed by atoms with Crippen LogP contribution in [-0.2, 0) is 26.3 Å². The Morgan fingerprint density at radius 1 is 1.00 bits per heavy atom.